The lowest BCUT2D eigenvalue weighted by Gasteiger charge is -2.12. The lowest BCUT2D eigenvalue weighted by atomic mass is 10.00. The molecule has 3 heteroatoms. The van der Waals surface area contributed by atoms with Crippen LogP contribution < -0.4 is 0 Å². The van der Waals surface area contributed by atoms with E-state index in [2.05, 4.69) is 197 Å². The van der Waals surface area contributed by atoms with Gasteiger partial charge in [0.2, 0.25) is 0 Å². The SMILES string of the molecule is c1ccc(-c2ccc(-n3c4ccc(-c5ccc6c(c5)c5ccccc5n6-c5cccc6ccccc56)cc4c4c5oc6ccccc6c5ccc43)cc2)cc1. The first kappa shape index (κ1) is 30.1. The minimum absolute atomic E-state index is 0.905. The van der Waals surface area contributed by atoms with Gasteiger partial charge in [-0.05, 0) is 94.4 Å². The first-order valence-electron chi connectivity index (χ1n) is 18.8. The fourth-order valence-electron chi connectivity index (χ4n) is 8.99. The highest BCUT2D eigenvalue weighted by Gasteiger charge is 2.20. The molecule has 3 nitrogen and oxygen atoms in total. The van der Waals surface area contributed by atoms with Crippen molar-refractivity contribution in [1.82, 2.24) is 9.13 Å². The first-order chi connectivity index (χ1) is 27.3. The van der Waals surface area contributed by atoms with Gasteiger partial charge in [0.05, 0.1) is 33.1 Å². The molecule has 12 rings (SSSR count). The Labute approximate surface area is 316 Å². The number of aromatic nitrogens is 2. The summed E-state index contributed by atoms with van der Waals surface area (Å²) in [5.41, 5.74) is 13.6. The number of hydrogen-bond donors (Lipinski definition) is 0. The molecule has 3 aromatic heterocycles. The van der Waals surface area contributed by atoms with Gasteiger partial charge in [0.15, 0.2) is 0 Å². The van der Waals surface area contributed by atoms with E-state index in [1.165, 1.54) is 65.9 Å². The van der Waals surface area contributed by atoms with Crippen LogP contribution in [0.1, 0.15) is 0 Å². The number of hydrogen-bond acceptors (Lipinski definition) is 1. The Kier molecular flexibility index (Phi) is 6.34. The first-order valence-corrected chi connectivity index (χ1v) is 18.8. The molecule has 0 fully saturated rings. The molecule has 256 valence electrons. The van der Waals surface area contributed by atoms with Crippen LogP contribution >= 0.6 is 0 Å². The van der Waals surface area contributed by atoms with Crippen LogP contribution in [-0.2, 0) is 0 Å². The van der Waals surface area contributed by atoms with Gasteiger partial charge in [-0.15, -0.1) is 0 Å². The van der Waals surface area contributed by atoms with Crippen LogP contribution in [0, 0.1) is 0 Å². The second kappa shape index (κ2) is 11.6. The Bertz CT molecular complexity index is 3470. The standard InChI is InChI=1S/C52H32N2O/c1-2-11-33(12-3-1)34-21-25-38(26-22-34)53-48-29-24-37(32-44(48)51-49(53)30-27-42-41-17-7-9-20-50(41)55-52(42)51)36-23-28-47-43(31-36)40-16-6-8-18-46(40)54(47)45-19-10-14-35-13-4-5-15-39(35)45/h1-32H. The molecular weight excluding hydrogens is 669 g/mol. The second-order valence-corrected chi connectivity index (χ2v) is 14.5. The summed E-state index contributed by atoms with van der Waals surface area (Å²) < 4.78 is 11.5. The van der Waals surface area contributed by atoms with E-state index in [-0.39, 0.29) is 0 Å². The predicted octanol–water partition coefficient (Wildman–Crippen LogP) is 14.3. The van der Waals surface area contributed by atoms with Crippen LogP contribution in [0.15, 0.2) is 199 Å². The molecule has 0 aliphatic carbocycles. The summed E-state index contributed by atoms with van der Waals surface area (Å²) in [4.78, 5) is 0. The van der Waals surface area contributed by atoms with Gasteiger partial charge in [-0.2, -0.15) is 0 Å². The Morgan fingerprint density at radius 1 is 0.327 bits per heavy atom. The van der Waals surface area contributed by atoms with E-state index in [4.69, 9.17) is 4.42 Å². The van der Waals surface area contributed by atoms with Gasteiger partial charge in [-0.1, -0.05) is 127 Å². The molecule has 9 aromatic carbocycles. The number of fused-ring (bicyclic) bond motifs is 11. The Balaban J connectivity index is 1.09. The van der Waals surface area contributed by atoms with E-state index in [1.807, 2.05) is 6.07 Å². The van der Waals surface area contributed by atoms with Gasteiger partial charge in [-0.3, -0.25) is 0 Å². The zero-order valence-electron chi connectivity index (χ0n) is 29.8. The monoisotopic (exact) mass is 700 g/mol. The lowest BCUT2D eigenvalue weighted by Crippen LogP contribution is -1.95. The van der Waals surface area contributed by atoms with Crippen LogP contribution in [0.3, 0.4) is 0 Å². The van der Waals surface area contributed by atoms with E-state index < -0.39 is 0 Å². The van der Waals surface area contributed by atoms with Crippen LogP contribution in [0.4, 0.5) is 0 Å². The molecule has 0 spiro atoms. The van der Waals surface area contributed by atoms with Crippen molar-refractivity contribution in [3.8, 4) is 33.6 Å². The normalized spacial score (nSPS) is 12.0. The summed E-state index contributed by atoms with van der Waals surface area (Å²) in [6.45, 7) is 0. The fraction of sp³-hybridized carbons (Fsp3) is 0. The molecule has 0 radical (unpaired) electrons. The zero-order chi connectivity index (χ0) is 36.0. The molecule has 0 unspecified atom stereocenters. The minimum Gasteiger partial charge on any atom is -0.455 e. The van der Waals surface area contributed by atoms with Gasteiger partial charge >= 0.3 is 0 Å². The summed E-state index contributed by atoms with van der Waals surface area (Å²) in [5.74, 6) is 0. The van der Waals surface area contributed by atoms with Gasteiger partial charge in [0.25, 0.3) is 0 Å². The van der Waals surface area contributed by atoms with Crippen molar-refractivity contribution in [3.63, 3.8) is 0 Å². The van der Waals surface area contributed by atoms with Crippen molar-refractivity contribution in [2.24, 2.45) is 0 Å². The molecule has 12 aromatic rings. The molecule has 0 aliphatic heterocycles. The topological polar surface area (TPSA) is 23.0 Å². The largest absolute Gasteiger partial charge is 0.455 e. The van der Waals surface area contributed by atoms with Crippen molar-refractivity contribution in [2.75, 3.05) is 0 Å². The van der Waals surface area contributed by atoms with Crippen molar-refractivity contribution in [1.29, 1.82) is 0 Å². The Morgan fingerprint density at radius 3 is 1.76 bits per heavy atom. The minimum atomic E-state index is 0.905. The summed E-state index contributed by atoms with van der Waals surface area (Å²) >= 11 is 0. The van der Waals surface area contributed by atoms with Gasteiger partial charge in [0.1, 0.15) is 11.2 Å². The van der Waals surface area contributed by atoms with Crippen LogP contribution in [0.5, 0.6) is 0 Å². The number of rotatable bonds is 4. The third-order valence-corrected chi connectivity index (χ3v) is 11.5. The molecule has 0 saturated carbocycles. The molecule has 0 saturated heterocycles. The van der Waals surface area contributed by atoms with E-state index >= 15 is 0 Å². The van der Waals surface area contributed by atoms with E-state index in [1.54, 1.807) is 0 Å². The van der Waals surface area contributed by atoms with E-state index in [0.29, 0.717) is 0 Å². The van der Waals surface area contributed by atoms with Gasteiger partial charge < -0.3 is 13.6 Å². The van der Waals surface area contributed by atoms with Gasteiger partial charge in [-0.25, -0.2) is 0 Å². The van der Waals surface area contributed by atoms with Crippen LogP contribution in [0.2, 0.25) is 0 Å². The zero-order valence-corrected chi connectivity index (χ0v) is 29.8. The summed E-state index contributed by atoms with van der Waals surface area (Å²) in [5, 5.41) is 9.53. The van der Waals surface area contributed by atoms with Crippen LogP contribution in [-0.4, -0.2) is 9.13 Å². The molecule has 0 N–H and O–H groups in total. The highest BCUT2D eigenvalue weighted by Crippen LogP contribution is 2.43. The number of para-hydroxylation sites is 2. The highest BCUT2D eigenvalue weighted by molar-refractivity contribution is 6.24. The fourth-order valence-corrected chi connectivity index (χ4v) is 8.99. The van der Waals surface area contributed by atoms with Crippen molar-refractivity contribution < 1.29 is 4.42 Å². The summed E-state index contributed by atoms with van der Waals surface area (Å²) in [7, 11) is 0. The summed E-state index contributed by atoms with van der Waals surface area (Å²) in [6, 6.07) is 70.2. The molecular formula is C52H32N2O. The van der Waals surface area contributed by atoms with E-state index in [0.717, 1.165) is 44.0 Å². The quantitative estimate of drug-likeness (QED) is 0.179. The second-order valence-electron chi connectivity index (χ2n) is 14.5. The Morgan fingerprint density at radius 2 is 0.927 bits per heavy atom. The molecule has 55 heavy (non-hydrogen) atoms. The maximum absolute atomic E-state index is 6.71. The Hall–Kier alpha value is -7.36. The average molecular weight is 701 g/mol. The number of furan rings is 1. The highest BCUT2D eigenvalue weighted by atomic mass is 16.3. The molecule has 0 amide bonds. The lowest BCUT2D eigenvalue weighted by molar-refractivity contribution is 0.673. The smallest absolute Gasteiger partial charge is 0.145 e. The summed E-state index contributed by atoms with van der Waals surface area (Å²) in [6.07, 6.45) is 0. The van der Waals surface area contributed by atoms with Crippen molar-refractivity contribution in [2.45, 2.75) is 0 Å². The number of nitrogens with zero attached hydrogens (tertiary/aromatic N) is 2. The maximum Gasteiger partial charge on any atom is 0.145 e. The third-order valence-electron chi connectivity index (χ3n) is 11.5. The maximum atomic E-state index is 6.71. The van der Waals surface area contributed by atoms with E-state index in [9.17, 15) is 0 Å². The molecule has 0 aliphatic rings. The van der Waals surface area contributed by atoms with Crippen molar-refractivity contribution >= 4 is 76.3 Å². The molecule has 0 atom stereocenters. The molecule has 3 heterocycles. The number of benzene rings is 9. The molecule has 0 bridgehead atoms. The van der Waals surface area contributed by atoms with Crippen LogP contribution in [0.25, 0.3) is 110 Å². The van der Waals surface area contributed by atoms with Crippen molar-refractivity contribution in [3.05, 3.63) is 194 Å². The average Bonchev–Trinajstić information content (AvgIpc) is 3.91. The van der Waals surface area contributed by atoms with Gasteiger partial charge in [0, 0.05) is 38.0 Å². The predicted molar refractivity (Wildman–Crippen MR) is 231 cm³/mol. The third kappa shape index (κ3) is 4.44.